The number of hydrogen-bond donors (Lipinski definition) is 2. The summed E-state index contributed by atoms with van der Waals surface area (Å²) in [6.45, 7) is -0.232. The molecule has 8 nitrogen and oxygen atoms in total. The van der Waals surface area contributed by atoms with E-state index in [0.717, 1.165) is 0 Å². The number of nitrogen functional groups attached to an aromatic ring is 1. The molecule has 1 aliphatic heterocycles. The first-order valence-corrected chi connectivity index (χ1v) is 6.08. The van der Waals surface area contributed by atoms with E-state index < -0.39 is 18.5 Å². The first-order valence-electron chi connectivity index (χ1n) is 6.08. The SMILES string of the molecule is COc1nc(N)nc2c1ncn2C1OC(CO)CC1F. The number of hydrogen-bond acceptors (Lipinski definition) is 7. The lowest BCUT2D eigenvalue weighted by Gasteiger charge is -2.15. The van der Waals surface area contributed by atoms with E-state index in [-0.39, 0.29) is 24.9 Å². The van der Waals surface area contributed by atoms with Gasteiger partial charge in [-0.2, -0.15) is 9.97 Å². The Morgan fingerprint density at radius 1 is 1.60 bits per heavy atom. The predicted octanol–water partition coefficient (Wildman–Crippen LogP) is 0.0350. The van der Waals surface area contributed by atoms with Gasteiger partial charge in [0.25, 0.3) is 0 Å². The maximum absolute atomic E-state index is 14.0. The standard InChI is InChI=1S/C11H14FN5O3/c1-19-9-7-8(15-11(13)16-9)17(4-14-7)10-6(12)2-5(3-18)20-10/h4-6,10,18H,2-3H2,1H3,(H2,13,15,16). The van der Waals surface area contributed by atoms with Crippen LogP contribution in [0.15, 0.2) is 6.33 Å². The lowest BCUT2D eigenvalue weighted by Crippen LogP contribution is -2.17. The highest BCUT2D eigenvalue weighted by atomic mass is 19.1. The molecule has 1 aliphatic rings. The van der Waals surface area contributed by atoms with Crippen molar-refractivity contribution < 1.29 is 19.0 Å². The lowest BCUT2D eigenvalue weighted by atomic mass is 10.2. The molecule has 0 bridgehead atoms. The average Bonchev–Trinajstić information content (AvgIpc) is 3.00. The molecule has 3 N–H and O–H groups in total. The van der Waals surface area contributed by atoms with E-state index in [9.17, 15) is 4.39 Å². The van der Waals surface area contributed by atoms with Gasteiger partial charge in [-0.15, -0.1) is 0 Å². The summed E-state index contributed by atoms with van der Waals surface area (Å²) in [5, 5.41) is 9.06. The van der Waals surface area contributed by atoms with Crippen LogP contribution in [0.25, 0.3) is 11.2 Å². The zero-order valence-electron chi connectivity index (χ0n) is 10.7. The number of halogens is 1. The molecule has 20 heavy (non-hydrogen) atoms. The topological polar surface area (TPSA) is 108 Å². The fraction of sp³-hybridized carbons (Fsp3) is 0.545. The van der Waals surface area contributed by atoms with Gasteiger partial charge in [-0.1, -0.05) is 0 Å². The molecule has 3 unspecified atom stereocenters. The smallest absolute Gasteiger partial charge is 0.246 e. The zero-order chi connectivity index (χ0) is 14.3. The molecule has 3 rings (SSSR count). The first kappa shape index (κ1) is 13.0. The summed E-state index contributed by atoms with van der Waals surface area (Å²) >= 11 is 0. The van der Waals surface area contributed by atoms with Gasteiger partial charge in [-0.25, -0.2) is 9.37 Å². The molecule has 9 heteroatoms. The Morgan fingerprint density at radius 2 is 2.40 bits per heavy atom. The molecule has 0 amide bonds. The second-order valence-corrected chi connectivity index (χ2v) is 4.50. The average molecular weight is 283 g/mol. The third kappa shape index (κ3) is 1.95. The van der Waals surface area contributed by atoms with Gasteiger partial charge in [0.2, 0.25) is 11.8 Å². The summed E-state index contributed by atoms with van der Waals surface area (Å²) < 4.78 is 26.0. The van der Waals surface area contributed by atoms with Crippen molar-refractivity contribution in [1.29, 1.82) is 0 Å². The Kier molecular flexibility index (Phi) is 3.14. The van der Waals surface area contributed by atoms with E-state index in [1.807, 2.05) is 0 Å². The Labute approximate surface area is 113 Å². The number of imidazole rings is 1. The molecule has 0 aliphatic carbocycles. The fourth-order valence-electron chi connectivity index (χ4n) is 2.30. The molecular weight excluding hydrogens is 269 g/mol. The molecule has 0 saturated carbocycles. The number of nitrogens with two attached hydrogens (primary N) is 1. The van der Waals surface area contributed by atoms with Crippen molar-refractivity contribution in [2.24, 2.45) is 0 Å². The van der Waals surface area contributed by atoms with E-state index in [1.54, 1.807) is 0 Å². The number of rotatable bonds is 3. The molecule has 2 aromatic rings. The molecule has 2 aromatic heterocycles. The van der Waals surface area contributed by atoms with E-state index >= 15 is 0 Å². The zero-order valence-corrected chi connectivity index (χ0v) is 10.7. The van der Waals surface area contributed by atoms with Gasteiger partial charge in [0, 0.05) is 6.42 Å². The minimum absolute atomic E-state index is 0.00298. The quantitative estimate of drug-likeness (QED) is 0.818. The molecule has 108 valence electrons. The van der Waals surface area contributed by atoms with Crippen molar-refractivity contribution in [3.63, 3.8) is 0 Å². The Bertz CT molecular complexity index is 634. The number of alkyl halides is 1. The number of aromatic nitrogens is 4. The number of fused-ring (bicyclic) bond motifs is 1. The van der Waals surface area contributed by atoms with Gasteiger partial charge in [0.15, 0.2) is 17.4 Å². The summed E-state index contributed by atoms with van der Waals surface area (Å²) in [5.74, 6) is 0.224. The molecule has 0 aromatic carbocycles. The van der Waals surface area contributed by atoms with Crippen LogP contribution < -0.4 is 10.5 Å². The van der Waals surface area contributed by atoms with Crippen molar-refractivity contribution in [2.75, 3.05) is 19.5 Å². The minimum Gasteiger partial charge on any atom is -0.479 e. The van der Waals surface area contributed by atoms with Crippen LogP contribution in [0.2, 0.25) is 0 Å². The molecule has 0 radical (unpaired) electrons. The third-order valence-electron chi connectivity index (χ3n) is 3.21. The summed E-state index contributed by atoms with van der Waals surface area (Å²) in [6, 6.07) is 0. The molecular formula is C11H14FN5O3. The van der Waals surface area contributed by atoms with E-state index in [4.69, 9.17) is 20.3 Å². The van der Waals surface area contributed by atoms with E-state index in [1.165, 1.54) is 18.0 Å². The minimum atomic E-state index is -1.26. The summed E-state index contributed by atoms with van der Waals surface area (Å²) in [7, 11) is 1.44. The summed E-state index contributed by atoms with van der Waals surface area (Å²) in [4.78, 5) is 12.1. The van der Waals surface area contributed by atoms with Crippen molar-refractivity contribution in [3.05, 3.63) is 6.33 Å². The Hall–Kier alpha value is -2.00. The van der Waals surface area contributed by atoms with Crippen LogP contribution in [-0.4, -0.2) is 50.6 Å². The largest absolute Gasteiger partial charge is 0.479 e. The number of aliphatic hydroxyl groups excluding tert-OH is 1. The number of anilines is 1. The van der Waals surface area contributed by atoms with Crippen LogP contribution in [0.3, 0.4) is 0 Å². The molecule has 0 spiro atoms. The fourth-order valence-corrected chi connectivity index (χ4v) is 2.30. The molecule has 3 heterocycles. The van der Waals surface area contributed by atoms with Crippen molar-refractivity contribution >= 4 is 17.1 Å². The van der Waals surface area contributed by atoms with Crippen molar-refractivity contribution in [2.45, 2.75) is 24.9 Å². The Morgan fingerprint density at radius 3 is 3.05 bits per heavy atom. The number of methoxy groups -OCH3 is 1. The predicted molar refractivity (Wildman–Crippen MR) is 66.8 cm³/mol. The van der Waals surface area contributed by atoms with E-state index in [0.29, 0.717) is 11.2 Å². The van der Waals surface area contributed by atoms with Gasteiger partial charge in [0.05, 0.1) is 26.1 Å². The van der Waals surface area contributed by atoms with Gasteiger partial charge < -0.3 is 20.3 Å². The maximum atomic E-state index is 14.0. The van der Waals surface area contributed by atoms with Crippen LogP contribution in [0.4, 0.5) is 10.3 Å². The monoisotopic (exact) mass is 283 g/mol. The summed E-state index contributed by atoms with van der Waals surface area (Å²) in [6.07, 6.45) is -1.16. The highest BCUT2D eigenvalue weighted by Gasteiger charge is 2.37. The lowest BCUT2D eigenvalue weighted by molar-refractivity contribution is -0.0351. The van der Waals surface area contributed by atoms with Gasteiger partial charge in [-0.3, -0.25) is 4.57 Å². The van der Waals surface area contributed by atoms with Gasteiger partial charge >= 0.3 is 0 Å². The summed E-state index contributed by atoms with van der Waals surface area (Å²) in [5.41, 5.74) is 6.31. The van der Waals surface area contributed by atoms with Crippen LogP contribution in [0.1, 0.15) is 12.6 Å². The molecule has 3 atom stereocenters. The van der Waals surface area contributed by atoms with Crippen LogP contribution in [0.5, 0.6) is 5.88 Å². The number of nitrogens with zero attached hydrogens (tertiary/aromatic N) is 4. The van der Waals surface area contributed by atoms with Gasteiger partial charge in [0.1, 0.15) is 6.17 Å². The normalized spacial score (nSPS) is 26.2. The van der Waals surface area contributed by atoms with E-state index in [2.05, 4.69) is 15.0 Å². The number of ether oxygens (including phenoxy) is 2. The third-order valence-corrected chi connectivity index (χ3v) is 3.21. The van der Waals surface area contributed by atoms with Gasteiger partial charge in [-0.05, 0) is 0 Å². The molecule has 1 saturated heterocycles. The highest BCUT2D eigenvalue weighted by molar-refractivity contribution is 5.77. The molecule has 1 fully saturated rings. The highest BCUT2D eigenvalue weighted by Crippen LogP contribution is 2.34. The second kappa shape index (κ2) is 4.84. The number of aliphatic hydroxyl groups is 1. The first-order chi connectivity index (χ1) is 9.63. The Balaban J connectivity index is 2.07. The van der Waals surface area contributed by atoms with Crippen LogP contribution in [-0.2, 0) is 4.74 Å². The van der Waals surface area contributed by atoms with Crippen molar-refractivity contribution in [3.8, 4) is 5.88 Å². The van der Waals surface area contributed by atoms with Crippen LogP contribution in [0, 0.1) is 0 Å². The van der Waals surface area contributed by atoms with Crippen molar-refractivity contribution in [1.82, 2.24) is 19.5 Å². The second-order valence-electron chi connectivity index (χ2n) is 4.50. The van der Waals surface area contributed by atoms with Crippen LogP contribution >= 0.6 is 0 Å². The maximum Gasteiger partial charge on any atom is 0.246 e.